The highest BCUT2D eigenvalue weighted by molar-refractivity contribution is 6.31. The summed E-state index contributed by atoms with van der Waals surface area (Å²) in [4.78, 5) is 23.5. The molecule has 0 saturated heterocycles. The number of hydrogen-bond acceptors (Lipinski definition) is 3. The standard InChI is InChI=1S/C14H18ClN3O2/c1-16-12-5-4-10(15)8-11(12)14(20)18-7-6-17-13(19)9-2-3-9/h4-5,8-9,16H,2-3,6-7H2,1H3,(H,17,19)(H,18,20). The largest absolute Gasteiger partial charge is 0.387 e. The van der Waals surface area contributed by atoms with Gasteiger partial charge in [-0.2, -0.15) is 0 Å². The van der Waals surface area contributed by atoms with Crippen molar-refractivity contribution in [2.24, 2.45) is 5.92 Å². The Bertz CT molecular complexity index is 515. The lowest BCUT2D eigenvalue weighted by Crippen LogP contribution is -2.35. The van der Waals surface area contributed by atoms with E-state index in [1.807, 2.05) is 0 Å². The van der Waals surface area contributed by atoms with Gasteiger partial charge in [-0.3, -0.25) is 9.59 Å². The van der Waals surface area contributed by atoms with E-state index in [4.69, 9.17) is 11.6 Å². The zero-order valence-corrected chi connectivity index (χ0v) is 12.1. The molecule has 1 aromatic rings. The molecular formula is C14H18ClN3O2. The molecule has 2 rings (SSSR count). The maximum Gasteiger partial charge on any atom is 0.253 e. The molecule has 108 valence electrons. The summed E-state index contributed by atoms with van der Waals surface area (Å²) in [6.07, 6.45) is 1.96. The average molecular weight is 296 g/mol. The normalized spacial score (nSPS) is 13.7. The van der Waals surface area contributed by atoms with Crippen LogP contribution >= 0.6 is 11.6 Å². The molecule has 5 nitrogen and oxygen atoms in total. The molecule has 0 atom stereocenters. The van der Waals surface area contributed by atoms with Crippen LogP contribution in [0, 0.1) is 5.92 Å². The predicted molar refractivity (Wildman–Crippen MR) is 79.1 cm³/mol. The van der Waals surface area contributed by atoms with E-state index >= 15 is 0 Å². The number of carbonyl (C=O) groups excluding carboxylic acids is 2. The van der Waals surface area contributed by atoms with Gasteiger partial charge in [0.05, 0.1) is 5.56 Å². The minimum absolute atomic E-state index is 0.0814. The average Bonchev–Trinajstić information content (AvgIpc) is 3.27. The molecule has 0 spiro atoms. The number of halogens is 1. The van der Waals surface area contributed by atoms with E-state index < -0.39 is 0 Å². The number of rotatable bonds is 6. The number of nitrogens with one attached hydrogen (secondary N) is 3. The zero-order valence-electron chi connectivity index (χ0n) is 11.3. The molecule has 0 unspecified atom stereocenters. The summed E-state index contributed by atoms with van der Waals surface area (Å²) in [5.74, 6) is 0.0602. The molecule has 0 radical (unpaired) electrons. The Morgan fingerprint density at radius 3 is 2.60 bits per heavy atom. The molecular weight excluding hydrogens is 278 g/mol. The van der Waals surface area contributed by atoms with E-state index in [-0.39, 0.29) is 17.7 Å². The topological polar surface area (TPSA) is 70.2 Å². The van der Waals surface area contributed by atoms with Crippen LogP contribution in [-0.2, 0) is 4.79 Å². The molecule has 0 aromatic heterocycles. The van der Waals surface area contributed by atoms with Crippen molar-refractivity contribution in [3.8, 4) is 0 Å². The van der Waals surface area contributed by atoms with Crippen LogP contribution in [0.2, 0.25) is 5.02 Å². The van der Waals surface area contributed by atoms with Crippen LogP contribution in [-0.4, -0.2) is 32.0 Å². The summed E-state index contributed by atoms with van der Waals surface area (Å²) in [6, 6.07) is 5.09. The van der Waals surface area contributed by atoms with Gasteiger partial charge in [0, 0.05) is 36.8 Å². The van der Waals surface area contributed by atoms with Crippen LogP contribution < -0.4 is 16.0 Å². The van der Waals surface area contributed by atoms with Crippen molar-refractivity contribution in [3.05, 3.63) is 28.8 Å². The molecule has 6 heteroatoms. The first kappa shape index (κ1) is 14.7. The Kier molecular flexibility index (Phi) is 4.84. The third kappa shape index (κ3) is 3.87. The summed E-state index contributed by atoms with van der Waals surface area (Å²) in [5.41, 5.74) is 1.21. The second-order valence-corrected chi connectivity index (χ2v) is 5.20. The van der Waals surface area contributed by atoms with Crippen LogP contribution in [0.15, 0.2) is 18.2 Å². The Morgan fingerprint density at radius 2 is 1.95 bits per heavy atom. The van der Waals surface area contributed by atoms with Gasteiger partial charge in [-0.05, 0) is 31.0 Å². The first-order chi connectivity index (χ1) is 9.61. The second-order valence-electron chi connectivity index (χ2n) is 4.76. The van der Waals surface area contributed by atoms with Crippen LogP contribution in [0.3, 0.4) is 0 Å². The monoisotopic (exact) mass is 295 g/mol. The van der Waals surface area contributed by atoms with Crippen molar-refractivity contribution in [1.29, 1.82) is 0 Å². The van der Waals surface area contributed by atoms with E-state index in [0.29, 0.717) is 29.4 Å². The van der Waals surface area contributed by atoms with Gasteiger partial charge < -0.3 is 16.0 Å². The number of hydrogen-bond donors (Lipinski definition) is 3. The number of benzene rings is 1. The molecule has 1 aliphatic rings. The Labute approximate surface area is 123 Å². The van der Waals surface area contributed by atoms with Gasteiger partial charge in [0.25, 0.3) is 5.91 Å². The Balaban J connectivity index is 1.81. The van der Waals surface area contributed by atoms with Crippen LogP contribution in [0.4, 0.5) is 5.69 Å². The highest BCUT2D eigenvalue weighted by Gasteiger charge is 2.29. The molecule has 1 saturated carbocycles. The lowest BCUT2D eigenvalue weighted by Gasteiger charge is -2.10. The van der Waals surface area contributed by atoms with Crippen molar-refractivity contribution in [3.63, 3.8) is 0 Å². The Hall–Kier alpha value is -1.75. The summed E-state index contributed by atoms with van der Waals surface area (Å²) in [6.45, 7) is 0.837. The third-order valence-corrected chi connectivity index (χ3v) is 3.39. The molecule has 0 bridgehead atoms. The number of amides is 2. The highest BCUT2D eigenvalue weighted by Crippen LogP contribution is 2.28. The summed E-state index contributed by atoms with van der Waals surface area (Å²) in [7, 11) is 1.75. The fourth-order valence-corrected chi connectivity index (χ4v) is 2.04. The second kappa shape index (κ2) is 6.61. The van der Waals surface area contributed by atoms with Gasteiger partial charge in [-0.25, -0.2) is 0 Å². The van der Waals surface area contributed by atoms with Gasteiger partial charge in [-0.15, -0.1) is 0 Å². The molecule has 3 N–H and O–H groups in total. The van der Waals surface area contributed by atoms with Gasteiger partial charge in [0.2, 0.25) is 5.91 Å². The SMILES string of the molecule is CNc1ccc(Cl)cc1C(=O)NCCNC(=O)C1CC1. The molecule has 1 aromatic carbocycles. The van der Waals surface area contributed by atoms with Crippen LogP contribution in [0.25, 0.3) is 0 Å². The van der Waals surface area contributed by atoms with Gasteiger partial charge in [0.15, 0.2) is 0 Å². The van der Waals surface area contributed by atoms with Gasteiger partial charge in [0.1, 0.15) is 0 Å². The van der Waals surface area contributed by atoms with E-state index in [9.17, 15) is 9.59 Å². The van der Waals surface area contributed by atoms with Crippen molar-refractivity contribution < 1.29 is 9.59 Å². The molecule has 20 heavy (non-hydrogen) atoms. The first-order valence-electron chi connectivity index (χ1n) is 6.65. The predicted octanol–water partition coefficient (Wildman–Crippen LogP) is 1.64. The Morgan fingerprint density at radius 1 is 1.25 bits per heavy atom. The number of carbonyl (C=O) groups is 2. The first-order valence-corrected chi connectivity index (χ1v) is 7.03. The van der Waals surface area contributed by atoms with Crippen molar-refractivity contribution in [1.82, 2.24) is 10.6 Å². The van der Waals surface area contributed by atoms with E-state index in [2.05, 4.69) is 16.0 Å². The minimum Gasteiger partial charge on any atom is -0.387 e. The zero-order chi connectivity index (χ0) is 14.5. The molecule has 1 fully saturated rings. The molecule has 0 heterocycles. The minimum atomic E-state index is -0.211. The quantitative estimate of drug-likeness (QED) is 0.699. The maximum absolute atomic E-state index is 12.0. The summed E-state index contributed by atoms with van der Waals surface area (Å²) >= 11 is 5.90. The van der Waals surface area contributed by atoms with E-state index in [0.717, 1.165) is 12.8 Å². The van der Waals surface area contributed by atoms with Crippen molar-refractivity contribution in [2.45, 2.75) is 12.8 Å². The third-order valence-electron chi connectivity index (χ3n) is 3.15. The van der Waals surface area contributed by atoms with E-state index in [1.165, 1.54) is 0 Å². The van der Waals surface area contributed by atoms with Crippen molar-refractivity contribution >= 4 is 29.1 Å². The summed E-state index contributed by atoms with van der Waals surface area (Å²) in [5, 5.41) is 9.02. The van der Waals surface area contributed by atoms with Crippen LogP contribution in [0.5, 0.6) is 0 Å². The van der Waals surface area contributed by atoms with Gasteiger partial charge in [-0.1, -0.05) is 11.6 Å². The fraction of sp³-hybridized carbons (Fsp3) is 0.429. The molecule has 2 amide bonds. The highest BCUT2D eigenvalue weighted by atomic mass is 35.5. The maximum atomic E-state index is 12.0. The molecule has 1 aliphatic carbocycles. The fourth-order valence-electron chi connectivity index (χ4n) is 1.87. The smallest absolute Gasteiger partial charge is 0.253 e. The van der Waals surface area contributed by atoms with E-state index in [1.54, 1.807) is 25.2 Å². The lowest BCUT2D eigenvalue weighted by molar-refractivity contribution is -0.122. The summed E-state index contributed by atoms with van der Waals surface area (Å²) < 4.78 is 0. The van der Waals surface area contributed by atoms with Gasteiger partial charge >= 0.3 is 0 Å². The molecule has 0 aliphatic heterocycles. The lowest BCUT2D eigenvalue weighted by atomic mass is 10.1. The number of anilines is 1. The van der Waals surface area contributed by atoms with Crippen LogP contribution in [0.1, 0.15) is 23.2 Å². The van der Waals surface area contributed by atoms with Crippen molar-refractivity contribution in [2.75, 3.05) is 25.5 Å².